The maximum Gasteiger partial charge on any atom is 0.339 e. The van der Waals surface area contributed by atoms with E-state index in [1.54, 1.807) is 36.4 Å². The van der Waals surface area contributed by atoms with E-state index in [9.17, 15) is 9.59 Å². The van der Waals surface area contributed by atoms with Crippen molar-refractivity contribution in [1.29, 1.82) is 0 Å². The Labute approximate surface area is 193 Å². The molecule has 0 aliphatic carbocycles. The number of aryl methyl sites for hydroxylation is 1. The number of hydrogen-bond acceptors (Lipinski definition) is 4. The molecule has 0 aliphatic rings. The van der Waals surface area contributed by atoms with Crippen LogP contribution in [-0.4, -0.2) is 11.8 Å². The molecule has 0 heterocycles. The minimum absolute atomic E-state index is 0.252. The number of hydrogen-bond donors (Lipinski definition) is 1. The van der Waals surface area contributed by atoms with Crippen LogP contribution in [0.1, 0.15) is 43.5 Å². The number of esters is 1. The third-order valence-corrected chi connectivity index (χ3v) is 5.36. The van der Waals surface area contributed by atoms with Gasteiger partial charge in [0.2, 0.25) is 5.78 Å². The van der Waals surface area contributed by atoms with Crippen LogP contribution in [0.15, 0.2) is 109 Å². The average molecular weight is 436 g/mol. The van der Waals surface area contributed by atoms with E-state index in [-0.39, 0.29) is 5.78 Å². The van der Waals surface area contributed by atoms with Gasteiger partial charge in [-0.05, 0) is 36.8 Å². The van der Waals surface area contributed by atoms with E-state index in [0.717, 1.165) is 16.8 Å². The van der Waals surface area contributed by atoms with E-state index in [0.29, 0.717) is 23.2 Å². The Morgan fingerprint density at radius 2 is 1.30 bits per heavy atom. The van der Waals surface area contributed by atoms with E-state index in [1.165, 1.54) is 0 Å². The maximum absolute atomic E-state index is 13.2. The summed E-state index contributed by atoms with van der Waals surface area (Å²) in [5.41, 5.74) is 4.66. The Morgan fingerprint density at radius 1 is 0.727 bits per heavy atom. The Bertz CT molecular complexity index is 1200. The fourth-order valence-corrected chi connectivity index (χ4v) is 3.46. The number of anilines is 1. The highest BCUT2D eigenvalue weighted by Gasteiger charge is 2.26. The number of rotatable bonds is 8. The predicted molar refractivity (Wildman–Crippen MR) is 130 cm³/mol. The van der Waals surface area contributed by atoms with Crippen molar-refractivity contribution in [3.63, 3.8) is 0 Å². The molecule has 1 N–H and O–H groups in total. The molecule has 4 heteroatoms. The molecule has 0 amide bonds. The highest BCUT2D eigenvalue weighted by atomic mass is 16.5. The first kappa shape index (κ1) is 22.0. The third-order valence-electron chi connectivity index (χ3n) is 5.36. The lowest BCUT2D eigenvalue weighted by Gasteiger charge is -2.18. The molecular weight excluding hydrogens is 410 g/mol. The zero-order valence-electron chi connectivity index (χ0n) is 18.4. The first-order valence-electron chi connectivity index (χ1n) is 10.8. The number of benzene rings is 4. The standard InChI is InChI=1S/C29H25NO3/c1-21-12-16-23(17-13-21)27(31)28(24-8-4-2-5-9-24)33-29(32)25-18-14-22(15-19-25)20-30-26-10-6-3-7-11-26/h2-19,28,30H,20H2,1H3/t28-/m1/s1. The summed E-state index contributed by atoms with van der Waals surface area (Å²) in [5.74, 6) is -0.787. The molecule has 0 aliphatic heterocycles. The highest BCUT2D eigenvalue weighted by Crippen LogP contribution is 2.24. The fraction of sp³-hybridized carbons (Fsp3) is 0.103. The largest absolute Gasteiger partial charge is 0.445 e. The number of ketones is 1. The van der Waals surface area contributed by atoms with Crippen molar-refractivity contribution >= 4 is 17.4 Å². The molecule has 33 heavy (non-hydrogen) atoms. The third kappa shape index (κ3) is 5.74. The molecule has 164 valence electrons. The molecule has 0 spiro atoms. The van der Waals surface area contributed by atoms with Gasteiger partial charge in [-0.25, -0.2) is 4.79 Å². The van der Waals surface area contributed by atoms with Crippen LogP contribution in [0, 0.1) is 6.92 Å². The van der Waals surface area contributed by atoms with Crippen molar-refractivity contribution in [2.24, 2.45) is 0 Å². The predicted octanol–water partition coefficient (Wildman–Crippen LogP) is 6.39. The number of nitrogens with one attached hydrogen (secondary N) is 1. The number of ether oxygens (including phenoxy) is 1. The molecule has 0 fully saturated rings. The van der Waals surface area contributed by atoms with Gasteiger partial charge in [-0.2, -0.15) is 0 Å². The molecule has 0 saturated heterocycles. The van der Waals surface area contributed by atoms with Crippen molar-refractivity contribution in [3.8, 4) is 0 Å². The monoisotopic (exact) mass is 435 g/mol. The first-order chi connectivity index (χ1) is 16.1. The zero-order valence-corrected chi connectivity index (χ0v) is 18.4. The summed E-state index contributed by atoms with van der Waals surface area (Å²) in [6, 6.07) is 33.5. The topological polar surface area (TPSA) is 55.4 Å². The summed E-state index contributed by atoms with van der Waals surface area (Å²) < 4.78 is 5.73. The molecule has 0 aromatic heterocycles. The average Bonchev–Trinajstić information content (AvgIpc) is 2.87. The molecule has 4 nitrogen and oxygen atoms in total. The van der Waals surface area contributed by atoms with Gasteiger partial charge in [0.05, 0.1) is 5.56 Å². The van der Waals surface area contributed by atoms with E-state index in [1.807, 2.05) is 79.7 Å². The minimum Gasteiger partial charge on any atom is -0.445 e. The molecule has 4 aromatic carbocycles. The lowest BCUT2D eigenvalue weighted by atomic mass is 9.99. The molecule has 1 atom stereocenters. The Hall–Kier alpha value is -4.18. The molecule has 4 aromatic rings. The van der Waals surface area contributed by atoms with Crippen LogP contribution < -0.4 is 5.32 Å². The number of carbonyl (C=O) groups is 2. The summed E-state index contributed by atoms with van der Waals surface area (Å²) in [4.78, 5) is 26.1. The van der Waals surface area contributed by atoms with Gasteiger partial charge in [0.15, 0.2) is 6.10 Å². The van der Waals surface area contributed by atoms with Gasteiger partial charge in [-0.3, -0.25) is 4.79 Å². The normalized spacial score (nSPS) is 11.4. The minimum atomic E-state index is -1.01. The smallest absolute Gasteiger partial charge is 0.339 e. The Balaban J connectivity index is 1.48. The Morgan fingerprint density at radius 3 is 1.94 bits per heavy atom. The van der Waals surface area contributed by atoms with Gasteiger partial charge in [-0.1, -0.05) is 90.5 Å². The maximum atomic E-state index is 13.2. The Kier molecular flexibility index (Phi) is 6.96. The van der Waals surface area contributed by atoms with Crippen LogP contribution in [0.5, 0.6) is 0 Å². The van der Waals surface area contributed by atoms with Crippen molar-refractivity contribution in [2.75, 3.05) is 5.32 Å². The number of Topliss-reactive ketones (excluding diaryl/α,β-unsaturated/α-hetero) is 1. The lowest BCUT2D eigenvalue weighted by Crippen LogP contribution is -2.20. The number of carbonyl (C=O) groups excluding carboxylic acids is 2. The van der Waals surface area contributed by atoms with Crippen LogP contribution in [0.4, 0.5) is 5.69 Å². The van der Waals surface area contributed by atoms with Crippen LogP contribution in [0.25, 0.3) is 0 Å². The molecule has 4 rings (SSSR count). The van der Waals surface area contributed by atoms with Crippen molar-refractivity contribution in [1.82, 2.24) is 0 Å². The van der Waals surface area contributed by atoms with Crippen molar-refractivity contribution in [3.05, 3.63) is 137 Å². The second-order valence-electron chi connectivity index (χ2n) is 7.84. The van der Waals surface area contributed by atoms with Gasteiger partial charge in [0.1, 0.15) is 0 Å². The first-order valence-corrected chi connectivity index (χ1v) is 10.8. The van der Waals surface area contributed by atoms with Crippen LogP contribution in [0.3, 0.4) is 0 Å². The van der Waals surface area contributed by atoms with E-state index in [4.69, 9.17) is 4.74 Å². The van der Waals surface area contributed by atoms with Gasteiger partial charge < -0.3 is 10.1 Å². The highest BCUT2D eigenvalue weighted by molar-refractivity contribution is 6.02. The van der Waals surface area contributed by atoms with E-state index < -0.39 is 12.1 Å². The van der Waals surface area contributed by atoms with Crippen molar-refractivity contribution < 1.29 is 14.3 Å². The molecule has 0 radical (unpaired) electrons. The van der Waals surface area contributed by atoms with Crippen LogP contribution in [-0.2, 0) is 11.3 Å². The van der Waals surface area contributed by atoms with Gasteiger partial charge in [0, 0.05) is 23.4 Å². The summed E-state index contributed by atoms with van der Waals surface area (Å²) >= 11 is 0. The van der Waals surface area contributed by atoms with Crippen LogP contribution >= 0.6 is 0 Å². The van der Waals surface area contributed by atoms with E-state index >= 15 is 0 Å². The summed E-state index contributed by atoms with van der Waals surface area (Å²) in [5, 5.41) is 3.34. The summed E-state index contributed by atoms with van der Waals surface area (Å²) in [6.45, 7) is 2.60. The summed E-state index contributed by atoms with van der Waals surface area (Å²) in [6.07, 6.45) is -1.01. The second kappa shape index (κ2) is 10.4. The fourth-order valence-electron chi connectivity index (χ4n) is 3.46. The quantitative estimate of drug-likeness (QED) is 0.257. The molecule has 0 saturated carbocycles. The van der Waals surface area contributed by atoms with Gasteiger partial charge in [0.25, 0.3) is 0 Å². The molecule has 0 bridgehead atoms. The van der Waals surface area contributed by atoms with Gasteiger partial charge in [-0.15, -0.1) is 0 Å². The SMILES string of the molecule is Cc1ccc(C(=O)[C@H](OC(=O)c2ccc(CNc3ccccc3)cc2)c2ccccc2)cc1. The van der Waals surface area contributed by atoms with Gasteiger partial charge >= 0.3 is 5.97 Å². The zero-order chi connectivity index (χ0) is 23.0. The molecular formula is C29H25NO3. The molecule has 0 unspecified atom stereocenters. The number of para-hydroxylation sites is 1. The van der Waals surface area contributed by atoms with E-state index in [2.05, 4.69) is 5.32 Å². The lowest BCUT2D eigenvalue weighted by molar-refractivity contribution is 0.0280. The second-order valence-corrected chi connectivity index (χ2v) is 7.84. The van der Waals surface area contributed by atoms with Crippen molar-refractivity contribution in [2.45, 2.75) is 19.6 Å². The van der Waals surface area contributed by atoms with Crippen LogP contribution in [0.2, 0.25) is 0 Å². The summed E-state index contributed by atoms with van der Waals surface area (Å²) in [7, 11) is 0.